The second-order valence-corrected chi connectivity index (χ2v) is 8.93. The molecule has 29 heavy (non-hydrogen) atoms. The molecule has 0 aliphatic carbocycles. The highest BCUT2D eigenvalue weighted by Crippen LogP contribution is 2.35. The van der Waals surface area contributed by atoms with Crippen LogP contribution >= 0.6 is 0 Å². The molecule has 4 rings (SSSR count). The average Bonchev–Trinajstić information content (AvgIpc) is 3.36. The van der Waals surface area contributed by atoms with Crippen LogP contribution in [-0.4, -0.2) is 54.8 Å². The smallest absolute Gasteiger partial charge is 0.287 e. The van der Waals surface area contributed by atoms with Crippen LogP contribution in [0.5, 0.6) is 0 Å². The number of amides is 1. The minimum Gasteiger partial charge on any atom is -0.451 e. The number of aliphatic hydroxyl groups is 1. The van der Waals surface area contributed by atoms with Gasteiger partial charge in [-0.05, 0) is 55.4 Å². The van der Waals surface area contributed by atoms with Crippen LogP contribution in [0, 0.1) is 5.92 Å². The molecule has 0 spiro atoms. The maximum atomic E-state index is 12.4. The molecule has 0 saturated carbocycles. The summed E-state index contributed by atoms with van der Waals surface area (Å²) in [5.74, 6) is 0.709. The molecule has 6 nitrogen and oxygen atoms in total. The lowest BCUT2D eigenvalue weighted by Crippen LogP contribution is -2.43. The standard InChI is InChI=1S/C23H32N2O4/c1-16(2)15-25-9-7-23(27,8-10-25)18-5-6-20-17(12-18)13-21(29-20)22(26)24-14-19-4-3-11-28-19/h5-6,12-13,16,19,27H,3-4,7-11,14-15H2,1-2H3,(H,24,26)/t19-/m0/s1. The number of ether oxygens (including phenoxy) is 1. The first kappa shape index (κ1) is 20.4. The van der Waals surface area contributed by atoms with Crippen LogP contribution < -0.4 is 5.32 Å². The van der Waals surface area contributed by atoms with Gasteiger partial charge in [0.25, 0.3) is 5.91 Å². The Balaban J connectivity index is 1.43. The summed E-state index contributed by atoms with van der Waals surface area (Å²) in [6.07, 6.45) is 3.57. The van der Waals surface area contributed by atoms with Crippen LogP contribution in [0.25, 0.3) is 11.0 Å². The van der Waals surface area contributed by atoms with Crippen molar-refractivity contribution in [1.82, 2.24) is 10.2 Å². The number of rotatable bonds is 6. The molecule has 1 aromatic carbocycles. The van der Waals surface area contributed by atoms with E-state index < -0.39 is 5.60 Å². The number of nitrogens with zero attached hydrogens (tertiary/aromatic N) is 1. The topological polar surface area (TPSA) is 74.9 Å². The maximum absolute atomic E-state index is 12.4. The Morgan fingerprint density at radius 2 is 2.10 bits per heavy atom. The van der Waals surface area contributed by atoms with Crippen molar-refractivity contribution < 1.29 is 19.1 Å². The summed E-state index contributed by atoms with van der Waals surface area (Å²) in [5, 5.41) is 15.0. The number of carbonyl (C=O) groups excluding carboxylic acids is 1. The van der Waals surface area contributed by atoms with E-state index in [-0.39, 0.29) is 12.0 Å². The van der Waals surface area contributed by atoms with Crippen molar-refractivity contribution in [1.29, 1.82) is 0 Å². The highest BCUT2D eigenvalue weighted by Gasteiger charge is 2.34. The second-order valence-electron chi connectivity index (χ2n) is 8.93. The van der Waals surface area contributed by atoms with E-state index in [9.17, 15) is 9.90 Å². The molecule has 2 fully saturated rings. The third-order valence-corrected chi connectivity index (χ3v) is 6.10. The third kappa shape index (κ3) is 4.65. The summed E-state index contributed by atoms with van der Waals surface area (Å²) in [5.41, 5.74) is 0.749. The minimum absolute atomic E-state index is 0.103. The predicted octanol–water partition coefficient (Wildman–Crippen LogP) is 3.28. The molecular weight excluding hydrogens is 368 g/mol. The summed E-state index contributed by atoms with van der Waals surface area (Å²) in [4.78, 5) is 14.9. The van der Waals surface area contributed by atoms with Crippen molar-refractivity contribution in [2.45, 2.75) is 51.2 Å². The number of piperidine rings is 1. The van der Waals surface area contributed by atoms with Gasteiger partial charge in [-0.15, -0.1) is 0 Å². The molecule has 1 amide bonds. The van der Waals surface area contributed by atoms with Gasteiger partial charge in [0.15, 0.2) is 5.76 Å². The van der Waals surface area contributed by atoms with E-state index in [2.05, 4.69) is 24.1 Å². The Morgan fingerprint density at radius 1 is 1.31 bits per heavy atom. The van der Waals surface area contributed by atoms with Crippen molar-refractivity contribution in [3.8, 4) is 0 Å². The van der Waals surface area contributed by atoms with Crippen LogP contribution in [0.3, 0.4) is 0 Å². The third-order valence-electron chi connectivity index (χ3n) is 6.10. The Kier molecular flexibility index (Phi) is 5.95. The van der Waals surface area contributed by atoms with Crippen molar-refractivity contribution in [3.63, 3.8) is 0 Å². The van der Waals surface area contributed by atoms with Gasteiger partial charge in [0.2, 0.25) is 0 Å². The summed E-state index contributed by atoms with van der Waals surface area (Å²) in [6.45, 7) is 8.59. The van der Waals surface area contributed by atoms with Gasteiger partial charge >= 0.3 is 0 Å². The fourth-order valence-electron chi connectivity index (χ4n) is 4.45. The van der Waals surface area contributed by atoms with E-state index in [0.717, 1.165) is 62.9 Å². The van der Waals surface area contributed by atoms with E-state index in [1.54, 1.807) is 6.07 Å². The predicted molar refractivity (Wildman–Crippen MR) is 112 cm³/mol. The van der Waals surface area contributed by atoms with Gasteiger partial charge in [0.05, 0.1) is 11.7 Å². The number of likely N-dealkylation sites (tertiary alicyclic amines) is 1. The van der Waals surface area contributed by atoms with Crippen molar-refractivity contribution in [2.24, 2.45) is 5.92 Å². The fourth-order valence-corrected chi connectivity index (χ4v) is 4.45. The molecule has 2 aliphatic rings. The average molecular weight is 401 g/mol. The van der Waals surface area contributed by atoms with Gasteiger partial charge < -0.3 is 24.5 Å². The van der Waals surface area contributed by atoms with Crippen molar-refractivity contribution in [2.75, 3.05) is 32.8 Å². The van der Waals surface area contributed by atoms with Crippen LogP contribution in [0.2, 0.25) is 0 Å². The first-order chi connectivity index (χ1) is 13.9. The largest absolute Gasteiger partial charge is 0.451 e. The highest BCUT2D eigenvalue weighted by atomic mass is 16.5. The molecule has 2 aromatic rings. The quantitative estimate of drug-likeness (QED) is 0.778. The van der Waals surface area contributed by atoms with Gasteiger partial charge in [-0.3, -0.25) is 4.79 Å². The Hall–Kier alpha value is -1.89. The molecule has 2 aliphatic heterocycles. The van der Waals surface area contributed by atoms with Crippen LogP contribution in [0.4, 0.5) is 0 Å². The maximum Gasteiger partial charge on any atom is 0.287 e. The fraction of sp³-hybridized carbons (Fsp3) is 0.609. The lowest BCUT2D eigenvalue weighted by atomic mass is 9.84. The number of nitrogens with one attached hydrogen (secondary N) is 1. The molecule has 2 saturated heterocycles. The number of hydrogen-bond acceptors (Lipinski definition) is 5. The molecular formula is C23H32N2O4. The second kappa shape index (κ2) is 8.46. The first-order valence-corrected chi connectivity index (χ1v) is 10.8. The zero-order chi connectivity index (χ0) is 20.4. The number of carbonyl (C=O) groups is 1. The highest BCUT2D eigenvalue weighted by molar-refractivity contribution is 5.96. The van der Waals surface area contributed by atoms with Crippen molar-refractivity contribution >= 4 is 16.9 Å². The van der Waals surface area contributed by atoms with Gasteiger partial charge in [-0.1, -0.05) is 19.9 Å². The Morgan fingerprint density at radius 3 is 2.79 bits per heavy atom. The Bertz CT molecular complexity index is 846. The number of benzene rings is 1. The lowest BCUT2D eigenvalue weighted by Gasteiger charge is -2.39. The van der Waals surface area contributed by atoms with Crippen LogP contribution in [0.1, 0.15) is 55.6 Å². The summed E-state index contributed by atoms with van der Waals surface area (Å²) in [7, 11) is 0. The number of furan rings is 1. The van der Waals surface area contributed by atoms with Gasteiger partial charge in [-0.2, -0.15) is 0 Å². The van der Waals surface area contributed by atoms with Crippen molar-refractivity contribution in [3.05, 3.63) is 35.6 Å². The van der Waals surface area contributed by atoms with Gasteiger partial charge in [0, 0.05) is 38.2 Å². The molecule has 158 valence electrons. The summed E-state index contributed by atoms with van der Waals surface area (Å²) in [6, 6.07) is 7.52. The minimum atomic E-state index is -0.818. The van der Waals surface area contributed by atoms with Gasteiger partial charge in [-0.25, -0.2) is 0 Å². The molecule has 2 N–H and O–H groups in total. The van der Waals surface area contributed by atoms with E-state index in [1.807, 2.05) is 18.2 Å². The summed E-state index contributed by atoms with van der Waals surface area (Å²) >= 11 is 0. The summed E-state index contributed by atoms with van der Waals surface area (Å²) < 4.78 is 11.3. The Labute approximate surface area is 172 Å². The molecule has 1 atom stereocenters. The monoisotopic (exact) mass is 400 g/mol. The SMILES string of the molecule is CC(C)CN1CCC(O)(c2ccc3oc(C(=O)NC[C@@H]4CCCO4)cc3c2)CC1. The molecule has 0 radical (unpaired) electrons. The zero-order valence-electron chi connectivity index (χ0n) is 17.4. The lowest BCUT2D eigenvalue weighted by molar-refractivity contribution is -0.0278. The molecule has 6 heteroatoms. The first-order valence-electron chi connectivity index (χ1n) is 10.8. The molecule has 3 heterocycles. The molecule has 0 unspecified atom stereocenters. The van der Waals surface area contributed by atoms with Gasteiger partial charge in [0.1, 0.15) is 5.58 Å². The van der Waals surface area contributed by atoms with E-state index in [4.69, 9.17) is 9.15 Å². The normalized spacial score (nSPS) is 22.4. The van der Waals surface area contributed by atoms with E-state index >= 15 is 0 Å². The van der Waals surface area contributed by atoms with Crippen LogP contribution in [0.15, 0.2) is 28.7 Å². The van der Waals surface area contributed by atoms with E-state index in [1.165, 1.54) is 0 Å². The van der Waals surface area contributed by atoms with Crippen LogP contribution in [-0.2, 0) is 10.3 Å². The zero-order valence-corrected chi connectivity index (χ0v) is 17.4. The number of fused-ring (bicyclic) bond motifs is 1. The number of hydrogen-bond donors (Lipinski definition) is 2. The van der Waals surface area contributed by atoms with E-state index in [0.29, 0.717) is 23.8 Å². The molecule has 0 bridgehead atoms. The molecule has 1 aromatic heterocycles.